The van der Waals surface area contributed by atoms with Crippen molar-refractivity contribution in [2.45, 2.75) is 32.7 Å². The molecular formula is C26H29F4N5O2. The van der Waals surface area contributed by atoms with Crippen LogP contribution in [0.2, 0.25) is 0 Å². The van der Waals surface area contributed by atoms with Gasteiger partial charge in [-0.15, -0.1) is 0 Å². The van der Waals surface area contributed by atoms with Gasteiger partial charge in [-0.2, -0.15) is 10.2 Å². The topological polar surface area (TPSA) is 71.7 Å². The molecule has 2 aliphatic rings. The van der Waals surface area contributed by atoms with Crippen molar-refractivity contribution in [3.05, 3.63) is 64.7 Å². The number of rotatable bonds is 8. The summed E-state index contributed by atoms with van der Waals surface area (Å²) < 4.78 is 55.2. The molecule has 0 bridgehead atoms. The van der Waals surface area contributed by atoms with Crippen LogP contribution in [0.25, 0.3) is 0 Å². The number of hydrogen-bond donors (Lipinski definition) is 1. The van der Waals surface area contributed by atoms with E-state index in [0.717, 1.165) is 0 Å². The molecule has 2 aliphatic heterocycles. The van der Waals surface area contributed by atoms with E-state index in [1.54, 1.807) is 17.0 Å². The monoisotopic (exact) mass is 519 g/mol. The van der Waals surface area contributed by atoms with E-state index in [-0.39, 0.29) is 48.4 Å². The van der Waals surface area contributed by atoms with Gasteiger partial charge in [0.15, 0.2) is 0 Å². The third kappa shape index (κ3) is 6.16. The molecule has 11 heteroatoms. The molecule has 0 spiro atoms. The third-order valence-electron chi connectivity index (χ3n) is 6.63. The van der Waals surface area contributed by atoms with Gasteiger partial charge in [0.1, 0.15) is 17.3 Å². The summed E-state index contributed by atoms with van der Waals surface area (Å²) in [6.07, 6.45) is -2.45. The lowest BCUT2D eigenvalue weighted by Crippen LogP contribution is -2.53. The molecule has 0 aliphatic carbocycles. The quantitative estimate of drug-likeness (QED) is 0.535. The molecule has 0 unspecified atom stereocenters. The zero-order chi connectivity index (χ0) is 26.5. The van der Waals surface area contributed by atoms with Gasteiger partial charge >= 0.3 is 6.03 Å². The molecular weight excluding hydrogens is 490 g/mol. The normalized spacial score (nSPS) is 16.2. The molecule has 2 aromatic carbocycles. The van der Waals surface area contributed by atoms with Gasteiger partial charge in [0.25, 0.3) is 6.43 Å². The first kappa shape index (κ1) is 26.7. The summed E-state index contributed by atoms with van der Waals surface area (Å²) in [5.74, 6) is -0.997. The van der Waals surface area contributed by atoms with Crippen LogP contribution in [-0.4, -0.2) is 78.1 Å². The third-order valence-corrected chi connectivity index (χ3v) is 6.63. The van der Waals surface area contributed by atoms with E-state index < -0.39 is 12.2 Å². The van der Waals surface area contributed by atoms with Gasteiger partial charge in [-0.1, -0.05) is 19.1 Å². The predicted molar refractivity (Wildman–Crippen MR) is 133 cm³/mol. The van der Waals surface area contributed by atoms with Crippen molar-refractivity contribution in [1.82, 2.24) is 9.80 Å². The highest BCUT2D eigenvalue weighted by Crippen LogP contribution is 2.25. The number of aliphatic hydroxyl groups excluding tert-OH is 1. The Morgan fingerprint density at radius 1 is 1.03 bits per heavy atom. The standard InChI is InChI=1S/C26H29F4N5O2/c1-2-17-13-20(5-6-21(17)27)35(26(37)34-9-7-33(8-10-34)11-12-36)16-19-4-3-18(14-22(19)28)23-15-24(25(29)30)32-31-23/h3-6,13-14,25,36H,2,7-12,15-16H2,1H3. The van der Waals surface area contributed by atoms with Gasteiger partial charge in [-0.05, 0) is 36.2 Å². The van der Waals surface area contributed by atoms with E-state index >= 15 is 4.39 Å². The van der Waals surface area contributed by atoms with E-state index in [9.17, 15) is 23.1 Å². The first-order valence-corrected chi connectivity index (χ1v) is 12.2. The summed E-state index contributed by atoms with van der Waals surface area (Å²) >= 11 is 0. The number of carbonyl (C=O) groups is 1. The lowest BCUT2D eigenvalue weighted by molar-refractivity contribution is 0.125. The van der Waals surface area contributed by atoms with Crippen LogP contribution in [0.15, 0.2) is 46.6 Å². The van der Waals surface area contributed by atoms with E-state index in [1.807, 2.05) is 6.92 Å². The molecule has 4 rings (SSSR count). The minimum Gasteiger partial charge on any atom is -0.395 e. The van der Waals surface area contributed by atoms with Crippen molar-refractivity contribution in [1.29, 1.82) is 0 Å². The molecule has 2 amide bonds. The summed E-state index contributed by atoms with van der Waals surface area (Å²) in [6.45, 7) is 4.32. The number of aliphatic hydroxyl groups is 1. The van der Waals surface area contributed by atoms with Crippen LogP contribution in [0, 0.1) is 11.6 Å². The average Bonchev–Trinajstić information content (AvgIpc) is 3.40. The fourth-order valence-corrected chi connectivity index (χ4v) is 4.42. The second-order valence-corrected chi connectivity index (χ2v) is 8.97. The van der Waals surface area contributed by atoms with Crippen LogP contribution in [0.5, 0.6) is 0 Å². The van der Waals surface area contributed by atoms with E-state index in [0.29, 0.717) is 56.0 Å². The second-order valence-electron chi connectivity index (χ2n) is 8.97. The molecule has 2 heterocycles. The molecule has 0 atom stereocenters. The Labute approximate surface area is 212 Å². The van der Waals surface area contributed by atoms with Gasteiger partial charge in [0.2, 0.25) is 0 Å². The minimum absolute atomic E-state index is 0.0344. The number of carbonyl (C=O) groups excluding carboxylic acids is 1. The molecule has 1 fully saturated rings. The first-order chi connectivity index (χ1) is 17.8. The van der Waals surface area contributed by atoms with Crippen LogP contribution in [0.3, 0.4) is 0 Å². The smallest absolute Gasteiger partial charge is 0.324 e. The number of aryl methyl sites for hydroxylation is 1. The van der Waals surface area contributed by atoms with Gasteiger partial charge in [-0.25, -0.2) is 22.4 Å². The maximum atomic E-state index is 15.2. The number of β-amino-alcohol motifs (C(OH)–C–C–N with tert-alkyl or cyclic N) is 1. The first-order valence-electron chi connectivity index (χ1n) is 12.2. The number of urea groups is 1. The molecule has 0 radical (unpaired) electrons. The van der Waals surface area contributed by atoms with Gasteiger partial charge in [0.05, 0.1) is 18.9 Å². The number of halogens is 4. The molecule has 1 N–H and O–H groups in total. The number of amides is 2. The van der Waals surface area contributed by atoms with Crippen LogP contribution in [-0.2, 0) is 13.0 Å². The van der Waals surface area contributed by atoms with E-state index in [2.05, 4.69) is 15.1 Å². The Morgan fingerprint density at radius 3 is 2.41 bits per heavy atom. The van der Waals surface area contributed by atoms with Crippen molar-refractivity contribution in [3.63, 3.8) is 0 Å². The van der Waals surface area contributed by atoms with Crippen molar-refractivity contribution < 1.29 is 27.5 Å². The molecule has 7 nitrogen and oxygen atoms in total. The fourth-order valence-electron chi connectivity index (χ4n) is 4.42. The minimum atomic E-state index is -2.72. The van der Waals surface area contributed by atoms with Crippen molar-refractivity contribution in [2.24, 2.45) is 10.2 Å². The zero-order valence-electron chi connectivity index (χ0n) is 20.5. The second kappa shape index (κ2) is 11.8. The molecule has 2 aromatic rings. The van der Waals surface area contributed by atoms with Crippen LogP contribution < -0.4 is 4.90 Å². The van der Waals surface area contributed by atoms with Crippen molar-refractivity contribution in [2.75, 3.05) is 44.2 Å². The number of benzene rings is 2. The summed E-state index contributed by atoms with van der Waals surface area (Å²) in [5.41, 5.74) is 1.33. The van der Waals surface area contributed by atoms with Gasteiger partial charge in [0, 0.05) is 56.0 Å². The molecule has 0 saturated carbocycles. The largest absolute Gasteiger partial charge is 0.395 e. The number of nitrogens with zero attached hydrogens (tertiary/aromatic N) is 5. The molecule has 1 saturated heterocycles. The maximum absolute atomic E-state index is 15.2. The fraction of sp³-hybridized carbons (Fsp3) is 0.423. The van der Waals surface area contributed by atoms with Crippen LogP contribution in [0.4, 0.5) is 28.0 Å². The predicted octanol–water partition coefficient (Wildman–Crippen LogP) is 4.08. The number of anilines is 1. The Kier molecular flexibility index (Phi) is 8.55. The summed E-state index contributed by atoms with van der Waals surface area (Å²) in [4.78, 5) is 18.7. The van der Waals surface area contributed by atoms with Crippen molar-refractivity contribution in [3.8, 4) is 0 Å². The van der Waals surface area contributed by atoms with Gasteiger partial charge < -0.3 is 10.0 Å². The SMILES string of the molecule is CCc1cc(N(Cc2ccc(C3=NN=C(C(F)F)C3)cc2F)C(=O)N2CCN(CCO)CC2)ccc1F. The highest BCUT2D eigenvalue weighted by Gasteiger charge is 2.28. The zero-order valence-corrected chi connectivity index (χ0v) is 20.5. The number of hydrogen-bond acceptors (Lipinski definition) is 5. The van der Waals surface area contributed by atoms with E-state index in [4.69, 9.17) is 0 Å². The maximum Gasteiger partial charge on any atom is 0.324 e. The Hall–Kier alpha value is -3.31. The Morgan fingerprint density at radius 2 is 1.78 bits per heavy atom. The Balaban J connectivity index is 1.57. The van der Waals surface area contributed by atoms with Gasteiger partial charge in [-0.3, -0.25) is 9.80 Å². The lowest BCUT2D eigenvalue weighted by atomic mass is 10.0. The summed E-state index contributed by atoms with van der Waals surface area (Å²) in [5, 5.41) is 16.4. The highest BCUT2D eigenvalue weighted by atomic mass is 19.3. The lowest BCUT2D eigenvalue weighted by Gasteiger charge is -2.37. The molecule has 37 heavy (non-hydrogen) atoms. The Bertz CT molecular complexity index is 1200. The summed E-state index contributed by atoms with van der Waals surface area (Å²) in [6, 6.07) is 8.32. The number of alkyl halides is 2. The molecule has 0 aromatic heterocycles. The van der Waals surface area contributed by atoms with Crippen molar-refractivity contribution >= 4 is 23.1 Å². The van der Waals surface area contributed by atoms with Crippen LogP contribution >= 0.6 is 0 Å². The summed E-state index contributed by atoms with van der Waals surface area (Å²) in [7, 11) is 0. The van der Waals surface area contributed by atoms with E-state index in [1.165, 1.54) is 29.2 Å². The number of piperazine rings is 1. The average molecular weight is 520 g/mol. The highest BCUT2D eigenvalue weighted by molar-refractivity contribution is 6.15. The van der Waals surface area contributed by atoms with Crippen LogP contribution in [0.1, 0.15) is 30.0 Å². The molecule has 198 valence electrons.